The van der Waals surface area contributed by atoms with Crippen molar-refractivity contribution in [1.82, 2.24) is 20.1 Å². The highest BCUT2D eigenvalue weighted by Gasteiger charge is 2.43. The number of nitrogens with zero attached hydrogens (tertiary/aromatic N) is 2. The average molecular weight is 306 g/mol. The van der Waals surface area contributed by atoms with Crippen LogP contribution in [-0.4, -0.2) is 20.7 Å². The summed E-state index contributed by atoms with van der Waals surface area (Å²) in [5.74, 6) is 0.414. The van der Waals surface area contributed by atoms with Gasteiger partial charge < -0.3 is 9.88 Å². The Morgan fingerprint density at radius 2 is 2.43 bits per heavy atom. The van der Waals surface area contributed by atoms with Gasteiger partial charge in [0.15, 0.2) is 10.6 Å². The third-order valence-electron chi connectivity index (χ3n) is 3.80. The minimum absolute atomic E-state index is 0.0295. The lowest BCUT2D eigenvalue weighted by molar-refractivity contribution is -0.122. The molecular formula is C14H15FN4OS. The van der Waals surface area contributed by atoms with Crippen LogP contribution in [0.2, 0.25) is 0 Å². The van der Waals surface area contributed by atoms with Gasteiger partial charge in [0.2, 0.25) is 5.91 Å². The molecule has 0 aliphatic heterocycles. The van der Waals surface area contributed by atoms with Crippen LogP contribution in [0.25, 0.3) is 0 Å². The molecule has 3 rings (SSSR count). The number of H-pyrrole nitrogens is 1. The summed E-state index contributed by atoms with van der Waals surface area (Å²) in [6.07, 6.45) is 0.758. The monoisotopic (exact) mass is 306 g/mol. The van der Waals surface area contributed by atoms with E-state index in [0.29, 0.717) is 17.1 Å². The molecule has 1 aromatic heterocycles. The van der Waals surface area contributed by atoms with E-state index in [1.807, 2.05) is 6.07 Å². The predicted molar refractivity (Wildman–Crippen MR) is 77.5 cm³/mol. The van der Waals surface area contributed by atoms with Crippen LogP contribution in [0.4, 0.5) is 4.39 Å². The topological polar surface area (TPSA) is 62.7 Å². The summed E-state index contributed by atoms with van der Waals surface area (Å²) in [5, 5.41) is 9.55. The minimum atomic E-state index is -0.264. The van der Waals surface area contributed by atoms with Gasteiger partial charge in [-0.25, -0.2) is 4.39 Å². The summed E-state index contributed by atoms with van der Waals surface area (Å²) >= 11 is 5.01. The molecule has 1 aromatic carbocycles. The van der Waals surface area contributed by atoms with Gasteiger partial charge in [0.05, 0.1) is 6.54 Å². The molecule has 1 fully saturated rings. The van der Waals surface area contributed by atoms with Gasteiger partial charge in [0.25, 0.3) is 0 Å². The molecule has 0 bridgehead atoms. The number of carbonyl (C=O) groups excluding carboxylic acids is 1. The zero-order valence-corrected chi connectivity index (χ0v) is 12.3. The number of nitrogens with one attached hydrogen (secondary N) is 2. The largest absolute Gasteiger partial charge is 0.349 e. The molecule has 2 aromatic rings. The first-order valence-corrected chi connectivity index (χ1v) is 7.10. The number of aromatic nitrogens is 3. The first kappa shape index (κ1) is 13.9. The van der Waals surface area contributed by atoms with Gasteiger partial charge in [-0.2, -0.15) is 5.10 Å². The Balaban J connectivity index is 1.58. The molecule has 1 aliphatic carbocycles. The predicted octanol–water partition coefficient (Wildman–Crippen LogP) is 2.04. The molecule has 1 amide bonds. The van der Waals surface area contributed by atoms with Crippen LogP contribution >= 0.6 is 12.2 Å². The third kappa shape index (κ3) is 2.87. The first-order chi connectivity index (χ1) is 10.1. The third-order valence-corrected chi connectivity index (χ3v) is 4.16. The van der Waals surface area contributed by atoms with Crippen LogP contribution in [0.15, 0.2) is 24.3 Å². The lowest BCUT2D eigenvalue weighted by Crippen LogP contribution is -2.26. The molecule has 2 N–H and O–H groups in total. The average Bonchev–Trinajstić information content (AvgIpc) is 3.20. The highest BCUT2D eigenvalue weighted by molar-refractivity contribution is 7.71. The van der Waals surface area contributed by atoms with Gasteiger partial charge in [0, 0.05) is 13.0 Å². The Labute approximate surface area is 126 Å². The standard InChI is InChI=1S/C14H15FN4OS/c1-19-12(17-18-14(19)21)7-16-13(20)11-6-10(11)8-3-2-4-9(15)5-8/h2-5,10-11H,6-7H2,1H3,(H,16,20)(H,18,21)/t10-,11+/m0/s1. The highest BCUT2D eigenvalue weighted by atomic mass is 32.1. The van der Waals surface area contributed by atoms with Crippen molar-refractivity contribution in [3.8, 4) is 0 Å². The lowest BCUT2D eigenvalue weighted by atomic mass is 10.1. The highest BCUT2D eigenvalue weighted by Crippen LogP contribution is 2.47. The summed E-state index contributed by atoms with van der Waals surface area (Å²) in [6, 6.07) is 6.44. The fraction of sp³-hybridized carbons (Fsp3) is 0.357. The number of carbonyl (C=O) groups is 1. The maximum absolute atomic E-state index is 13.2. The summed E-state index contributed by atoms with van der Waals surface area (Å²) in [5.41, 5.74) is 0.883. The number of rotatable bonds is 4. The number of aromatic amines is 1. The summed E-state index contributed by atoms with van der Waals surface area (Å²) in [6.45, 7) is 0.328. The number of amides is 1. The van der Waals surface area contributed by atoms with E-state index in [1.165, 1.54) is 12.1 Å². The van der Waals surface area contributed by atoms with Crippen molar-refractivity contribution in [2.75, 3.05) is 0 Å². The van der Waals surface area contributed by atoms with Gasteiger partial charge in [0.1, 0.15) is 5.82 Å². The first-order valence-electron chi connectivity index (χ1n) is 6.69. The Morgan fingerprint density at radius 3 is 3.10 bits per heavy atom. The molecule has 1 heterocycles. The van der Waals surface area contributed by atoms with Crippen molar-refractivity contribution in [3.05, 3.63) is 46.2 Å². The van der Waals surface area contributed by atoms with E-state index >= 15 is 0 Å². The molecule has 5 nitrogen and oxygen atoms in total. The normalized spacial score (nSPS) is 20.3. The maximum Gasteiger partial charge on any atom is 0.224 e. The molecule has 0 saturated heterocycles. The molecule has 0 spiro atoms. The second kappa shape index (κ2) is 5.40. The molecule has 1 saturated carbocycles. The summed E-state index contributed by atoms with van der Waals surface area (Å²) in [4.78, 5) is 12.1. The van der Waals surface area contributed by atoms with E-state index < -0.39 is 0 Å². The van der Waals surface area contributed by atoms with Crippen molar-refractivity contribution in [3.63, 3.8) is 0 Å². The Kier molecular flexibility index (Phi) is 3.59. The molecule has 7 heteroatoms. The summed E-state index contributed by atoms with van der Waals surface area (Å²) in [7, 11) is 1.79. The van der Waals surface area contributed by atoms with Gasteiger partial charge in [-0.1, -0.05) is 12.1 Å². The van der Waals surface area contributed by atoms with Crippen LogP contribution in [0.5, 0.6) is 0 Å². The molecule has 0 radical (unpaired) electrons. The van der Waals surface area contributed by atoms with Gasteiger partial charge in [-0.3, -0.25) is 9.89 Å². The molecule has 21 heavy (non-hydrogen) atoms. The number of hydrogen-bond donors (Lipinski definition) is 2. The van der Waals surface area contributed by atoms with Crippen LogP contribution in [-0.2, 0) is 18.4 Å². The number of benzene rings is 1. The molecule has 1 aliphatic rings. The second-order valence-corrected chi connectivity index (χ2v) is 5.61. The van der Waals surface area contributed by atoms with Gasteiger partial charge >= 0.3 is 0 Å². The van der Waals surface area contributed by atoms with Crippen LogP contribution in [0.1, 0.15) is 23.7 Å². The zero-order chi connectivity index (χ0) is 15.0. The molecule has 2 atom stereocenters. The zero-order valence-electron chi connectivity index (χ0n) is 11.5. The van der Waals surface area contributed by atoms with Gasteiger partial charge in [-0.05, 0) is 42.3 Å². The van der Waals surface area contributed by atoms with Gasteiger partial charge in [-0.15, -0.1) is 0 Å². The Hall–Kier alpha value is -2.02. The fourth-order valence-corrected chi connectivity index (χ4v) is 2.58. The fourth-order valence-electron chi connectivity index (χ4n) is 2.43. The van der Waals surface area contributed by atoms with Crippen molar-refractivity contribution in [2.24, 2.45) is 13.0 Å². The maximum atomic E-state index is 13.2. The number of halogens is 1. The summed E-state index contributed by atoms with van der Waals surface area (Å²) < 4.78 is 15.4. The van der Waals surface area contributed by atoms with Crippen molar-refractivity contribution in [1.29, 1.82) is 0 Å². The van der Waals surface area contributed by atoms with E-state index in [2.05, 4.69) is 15.5 Å². The van der Waals surface area contributed by atoms with Crippen LogP contribution < -0.4 is 5.32 Å². The van der Waals surface area contributed by atoms with E-state index in [-0.39, 0.29) is 23.6 Å². The van der Waals surface area contributed by atoms with E-state index in [1.54, 1.807) is 17.7 Å². The van der Waals surface area contributed by atoms with Crippen molar-refractivity contribution >= 4 is 18.1 Å². The Morgan fingerprint density at radius 1 is 1.62 bits per heavy atom. The minimum Gasteiger partial charge on any atom is -0.349 e. The number of hydrogen-bond acceptors (Lipinski definition) is 3. The molecule has 110 valence electrons. The second-order valence-electron chi connectivity index (χ2n) is 5.23. The van der Waals surface area contributed by atoms with Crippen molar-refractivity contribution in [2.45, 2.75) is 18.9 Å². The van der Waals surface area contributed by atoms with Crippen LogP contribution in [0.3, 0.4) is 0 Å². The Bertz CT molecular complexity index is 739. The van der Waals surface area contributed by atoms with Crippen molar-refractivity contribution < 1.29 is 9.18 Å². The molecule has 0 unspecified atom stereocenters. The van der Waals surface area contributed by atoms with E-state index in [0.717, 1.165) is 12.0 Å². The van der Waals surface area contributed by atoms with Crippen LogP contribution in [0, 0.1) is 16.5 Å². The molecular weight excluding hydrogens is 291 g/mol. The quantitative estimate of drug-likeness (QED) is 0.850. The lowest BCUT2D eigenvalue weighted by Gasteiger charge is -2.04. The van der Waals surface area contributed by atoms with E-state index in [4.69, 9.17) is 12.2 Å². The SMILES string of the molecule is Cn1c(CNC(=O)[C@@H]2C[C@H]2c2cccc(F)c2)n[nH]c1=S. The smallest absolute Gasteiger partial charge is 0.224 e. The van der Waals surface area contributed by atoms with E-state index in [9.17, 15) is 9.18 Å².